The number of nitrogens with zero attached hydrogens (tertiary/aromatic N) is 1. The van der Waals surface area contributed by atoms with Crippen LogP contribution >= 0.6 is 0 Å². The van der Waals surface area contributed by atoms with Crippen molar-refractivity contribution in [2.24, 2.45) is 11.8 Å². The molecule has 0 spiro atoms. The monoisotopic (exact) mass is 284 g/mol. The first-order valence-electron chi connectivity index (χ1n) is 8.11. The molecular weight excluding hydrogens is 252 g/mol. The Morgan fingerprint density at radius 3 is 2.50 bits per heavy atom. The summed E-state index contributed by atoms with van der Waals surface area (Å²) in [5, 5.41) is 3.51. The average Bonchev–Trinajstić information content (AvgIpc) is 2.66. The van der Waals surface area contributed by atoms with Crippen LogP contribution in [0, 0.1) is 11.8 Å². The van der Waals surface area contributed by atoms with Gasteiger partial charge >= 0.3 is 0 Å². The van der Waals surface area contributed by atoms with E-state index in [-0.39, 0.29) is 18.1 Å². The molecule has 1 heterocycles. The lowest BCUT2D eigenvalue weighted by molar-refractivity contribution is -0.131. The summed E-state index contributed by atoms with van der Waals surface area (Å²) in [7, 11) is 0. The van der Waals surface area contributed by atoms with Crippen LogP contribution in [0.5, 0.6) is 0 Å². The van der Waals surface area contributed by atoms with Gasteiger partial charge in [0.2, 0.25) is 5.91 Å². The zero-order valence-electron chi connectivity index (χ0n) is 13.8. The number of rotatable bonds is 9. The first kappa shape index (κ1) is 17.4. The minimum atomic E-state index is -0.0182. The molecule has 2 unspecified atom stereocenters. The number of carbonyl (C=O) groups excluding carboxylic acids is 1. The van der Waals surface area contributed by atoms with Crippen molar-refractivity contribution in [2.75, 3.05) is 19.8 Å². The quantitative estimate of drug-likeness (QED) is 0.662. The molecule has 0 aromatic heterocycles. The van der Waals surface area contributed by atoms with Crippen LogP contribution in [0.15, 0.2) is 0 Å². The van der Waals surface area contributed by atoms with Crippen LogP contribution in [0.25, 0.3) is 0 Å². The molecule has 2 atom stereocenters. The highest BCUT2D eigenvalue weighted by Gasteiger charge is 2.39. The Balaban J connectivity index is 2.51. The highest BCUT2D eigenvalue weighted by atomic mass is 16.5. The third-order valence-corrected chi connectivity index (χ3v) is 3.69. The Morgan fingerprint density at radius 2 is 1.95 bits per heavy atom. The first-order chi connectivity index (χ1) is 9.47. The van der Waals surface area contributed by atoms with Crippen LogP contribution in [0.2, 0.25) is 0 Å². The Morgan fingerprint density at radius 1 is 1.25 bits per heavy atom. The maximum Gasteiger partial charge on any atom is 0.241 e. The maximum atomic E-state index is 12.5. The van der Waals surface area contributed by atoms with E-state index in [0.29, 0.717) is 11.8 Å². The Labute approximate surface area is 124 Å². The molecule has 4 nitrogen and oxygen atoms in total. The van der Waals surface area contributed by atoms with E-state index in [0.717, 1.165) is 39.0 Å². The Bertz CT molecular complexity index is 292. The number of amides is 1. The van der Waals surface area contributed by atoms with Gasteiger partial charge in [0.1, 0.15) is 0 Å². The molecule has 1 saturated heterocycles. The molecule has 0 aromatic carbocycles. The van der Waals surface area contributed by atoms with Crippen molar-refractivity contribution in [1.29, 1.82) is 0 Å². The second-order valence-corrected chi connectivity index (χ2v) is 6.53. The highest BCUT2D eigenvalue weighted by molar-refractivity contribution is 5.84. The lowest BCUT2D eigenvalue weighted by Gasteiger charge is -2.25. The topological polar surface area (TPSA) is 41.6 Å². The largest absolute Gasteiger partial charge is 0.381 e. The molecule has 4 heteroatoms. The summed E-state index contributed by atoms with van der Waals surface area (Å²) in [4.78, 5) is 14.5. The molecule has 0 radical (unpaired) electrons. The van der Waals surface area contributed by atoms with Crippen molar-refractivity contribution in [3.63, 3.8) is 0 Å². The maximum absolute atomic E-state index is 12.5. The van der Waals surface area contributed by atoms with Gasteiger partial charge in [-0.1, -0.05) is 34.6 Å². The van der Waals surface area contributed by atoms with E-state index >= 15 is 0 Å². The predicted molar refractivity (Wildman–Crippen MR) is 82.4 cm³/mol. The van der Waals surface area contributed by atoms with E-state index < -0.39 is 0 Å². The normalized spacial score (nSPS) is 23.4. The minimum Gasteiger partial charge on any atom is -0.381 e. The van der Waals surface area contributed by atoms with Crippen molar-refractivity contribution in [1.82, 2.24) is 10.2 Å². The van der Waals surface area contributed by atoms with Crippen LogP contribution < -0.4 is 5.32 Å². The molecule has 20 heavy (non-hydrogen) atoms. The second-order valence-electron chi connectivity index (χ2n) is 6.53. The number of nitrogens with one attached hydrogen (secondary N) is 1. The van der Waals surface area contributed by atoms with E-state index in [4.69, 9.17) is 4.74 Å². The standard InChI is InChI=1S/C16H32N2O2/c1-6-9-20-10-7-8-18-14(11-12(2)3)17-15(13(4)5)16(18)19/h12-15,17H,6-11H2,1-5H3. The van der Waals surface area contributed by atoms with Gasteiger partial charge in [-0.15, -0.1) is 0 Å². The molecule has 1 aliphatic rings. The fraction of sp³-hybridized carbons (Fsp3) is 0.938. The molecule has 1 rings (SSSR count). The van der Waals surface area contributed by atoms with Gasteiger partial charge in [-0.2, -0.15) is 0 Å². The molecule has 1 aliphatic heterocycles. The summed E-state index contributed by atoms with van der Waals surface area (Å²) in [6.45, 7) is 13.1. The van der Waals surface area contributed by atoms with Gasteiger partial charge in [-0.05, 0) is 31.1 Å². The van der Waals surface area contributed by atoms with Gasteiger partial charge in [0, 0.05) is 19.8 Å². The number of carbonyl (C=O) groups is 1. The molecule has 0 aliphatic carbocycles. The van der Waals surface area contributed by atoms with E-state index in [9.17, 15) is 4.79 Å². The van der Waals surface area contributed by atoms with Crippen LogP contribution in [-0.2, 0) is 9.53 Å². The first-order valence-corrected chi connectivity index (χ1v) is 8.11. The van der Waals surface area contributed by atoms with Crippen LogP contribution in [-0.4, -0.2) is 42.8 Å². The van der Waals surface area contributed by atoms with E-state index in [1.165, 1.54) is 0 Å². The van der Waals surface area contributed by atoms with Crippen molar-refractivity contribution in [3.8, 4) is 0 Å². The lowest BCUT2D eigenvalue weighted by atomic mass is 10.0. The summed E-state index contributed by atoms with van der Waals surface area (Å²) >= 11 is 0. The molecule has 1 amide bonds. The van der Waals surface area contributed by atoms with Gasteiger partial charge in [0.15, 0.2) is 0 Å². The zero-order valence-corrected chi connectivity index (χ0v) is 13.8. The Hall–Kier alpha value is -0.610. The SMILES string of the molecule is CCCOCCCN1C(=O)C(C(C)C)NC1CC(C)C. The predicted octanol–water partition coefficient (Wildman–Crippen LogP) is 2.63. The smallest absolute Gasteiger partial charge is 0.241 e. The average molecular weight is 284 g/mol. The molecule has 0 aromatic rings. The summed E-state index contributed by atoms with van der Waals surface area (Å²) in [5.74, 6) is 1.20. The van der Waals surface area contributed by atoms with Gasteiger partial charge < -0.3 is 9.64 Å². The van der Waals surface area contributed by atoms with E-state index in [1.807, 2.05) is 4.90 Å². The van der Waals surface area contributed by atoms with Gasteiger partial charge in [0.05, 0.1) is 12.2 Å². The summed E-state index contributed by atoms with van der Waals surface area (Å²) in [6, 6.07) is -0.0182. The lowest BCUT2D eigenvalue weighted by Crippen LogP contribution is -2.39. The second kappa shape index (κ2) is 8.63. The molecule has 0 saturated carbocycles. The third kappa shape index (κ3) is 5.06. The third-order valence-electron chi connectivity index (χ3n) is 3.69. The molecule has 118 valence electrons. The number of hydrogen-bond donors (Lipinski definition) is 1. The summed E-state index contributed by atoms with van der Waals surface area (Å²) in [5.41, 5.74) is 0. The zero-order chi connectivity index (χ0) is 15.1. The summed E-state index contributed by atoms with van der Waals surface area (Å²) < 4.78 is 5.51. The van der Waals surface area contributed by atoms with Crippen LogP contribution in [0.3, 0.4) is 0 Å². The van der Waals surface area contributed by atoms with Crippen molar-refractivity contribution >= 4 is 5.91 Å². The summed E-state index contributed by atoms with van der Waals surface area (Å²) in [6.07, 6.45) is 3.19. The number of hydrogen-bond acceptors (Lipinski definition) is 3. The fourth-order valence-corrected chi connectivity index (χ4v) is 2.67. The van der Waals surface area contributed by atoms with Crippen molar-refractivity contribution < 1.29 is 9.53 Å². The van der Waals surface area contributed by atoms with Crippen LogP contribution in [0.4, 0.5) is 0 Å². The van der Waals surface area contributed by atoms with Crippen molar-refractivity contribution in [2.45, 2.75) is 66.1 Å². The van der Waals surface area contributed by atoms with Crippen molar-refractivity contribution in [3.05, 3.63) is 0 Å². The van der Waals surface area contributed by atoms with Crippen LogP contribution in [0.1, 0.15) is 53.9 Å². The minimum absolute atomic E-state index is 0.0182. The molecular formula is C16H32N2O2. The van der Waals surface area contributed by atoms with E-state index in [1.54, 1.807) is 0 Å². The van der Waals surface area contributed by atoms with E-state index in [2.05, 4.69) is 39.9 Å². The molecule has 0 bridgehead atoms. The van der Waals surface area contributed by atoms with Gasteiger partial charge in [0.25, 0.3) is 0 Å². The number of ether oxygens (including phenoxy) is 1. The molecule has 1 fully saturated rings. The van der Waals surface area contributed by atoms with Gasteiger partial charge in [-0.25, -0.2) is 0 Å². The molecule has 1 N–H and O–H groups in total. The van der Waals surface area contributed by atoms with Gasteiger partial charge in [-0.3, -0.25) is 10.1 Å². The highest BCUT2D eigenvalue weighted by Crippen LogP contribution is 2.21. The fourth-order valence-electron chi connectivity index (χ4n) is 2.67. The Kier molecular flexibility index (Phi) is 7.52.